The van der Waals surface area contributed by atoms with Crippen LogP contribution in [0.4, 0.5) is 0 Å². The van der Waals surface area contributed by atoms with Crippen molar-refractivity contribution in [3.05, 3.63) is 11.0 Å². The first-order valence-corrected chi connectivity index (χ1v) is 7.24. The first-order chi connectivity index (χ1) is 3.72. The second-order valence-corrected chi connectivity index (χ2v) is 9.34. The van der Waals surface area contributed by atoms with E-state index in [0.29, 0.717) is 0 Å². The van der Waals surface area contributed by atoms with E-state index in [1.54, 1.807) is 0 Å². The summed E-state index contributed by atoms with van der Waals surface area (Å²) in [7, 11) is 0.431. The summed E-state index contributed by atoms with van der Waals surface area (Å²) in [4.78, 5) is 1.45. The molecule has 0 aromatic carbocycles. The largest absolute Gasteiger partial charge is 0.196 e. The zero-order valence-electron chi connectivity index (χ0n) is 5.05. The van der Waals surface area contributed by atoms with E-state index in [2.05, 4.69) is 19.3 Å². The number of rotatable bonds is 0. The quantitative estimate of drug-likeness (QED) is 0.421. The average Bonchev–Trinajstić information content (AvgIpc) is 1.98. The highest BCUT2D eigenvalue weighted by Gasteiger charge is 2.09. The molecule has 1 rings (SSSR count). The fraction of sp³-hybridized carbons (Fsp3) is 0.600. The molecule has 0 amide bonds. The molecule has 1 aliphatic rings. The van der Waals surface area contributed by atoms with E-state index < -0.39 is 0 Å². The lowest BCUT2D eigenvalue weighted by Gasteiger charge is -2.07. The zero-order valence-corrected chi connectivity index (χ0v) is 7.58. The maximum Gasteiger partial charge on any atom is 0.00270 e. The Morgan fingerprint density at radius 3 is 2.62 bits per heavy atom. The Labute approximate surface area is 59.7 Å². The Balaban J connectivity index is 2.73. The molecule has 48 valence electrons. The first-order valence-electron chi connectivity index (χ1n) is 2.51. The molecule has 3 heteroatoms. The maximum absolute atomic E-state index is 5.24. The molecule has 0 saturated carbocycles. The van der Waals surface area contributed by atoms with Crippen molar-refractivity contribution in [2.45, 2.75) is 6.92 Å². The van der Waals surface area contributed by atoms with Crippen molar-refractivity contribution in [2.75, 3.05) is 12.0 Å². The van der Waals surface area contributed by atoms with E-state index in [4.69, 9.17) is 11.2 Å². The van der Waals surface area contributed by atoms with Gasteiger partial charge in [0.1, 0.15) is 0 Å². The Morgan fingerprint density at radius 2 is 2.50 bits per heavy atom. The van der Waals surface area contributed by atoms with Gasteiger partial charge in [0.25, 0.3) is 0 Å². The summed E-state index contributed by atoms with van der Waals surface area (Å²) in [5, 5.41) is 0. The second kappa shape index (κ2) is 2.50. The summed E-state index contributed by atoms with van der Waals surface area (Å²) >= 11 is 5.24. The Morgan fingerprint density at radius 1 is 1.88 bits per heavy atom. The second-order valence-electron chi connectivity index (χ2n) is 1.87. The summed E-state index contributed by atoms with van der Waals surface area (Å²) < 4.78 is 0. The molecule has 2 unspecified atom stereocenters. The van der Waals surface area contributed by atoms with Gasteiger partial charge in [-0.25, -0.2) is 0 Å². The Bertz CT molecular complexity index is 148. The molecule has 0 N–H and O–H groups in total. The number of allylic oxidation sites excluding steroid dienone is 1. The minimum absolute atomic E-state index is 0.184. The van der Waals surface area contributed by atoms with Crippen LogP contribution in [-0.4, -0.2) is 12.0 Å². The summed E-state index contributed by atoms with van der Waals surface area (Å²) in [6.07, 6.45) is 4.58. The van der Waals surface area contributed by atoms with E-state index in [-0.39, 0.29) is 18.4 Å². The Kier molecular flexibility index (Phi) is 2.12. The van der Waals surface area contributed by atoms with Crippen molar-refractivity contribution in [1.29, 1.82) is 0 Å². The summed E-state index contributed by atoms with van der Waals surface area (Å²) in [5.41, 5.74) is 0. The van der Waals surface area contributed by atoms with Crippen molar-refractivity contribution < 1.29 is 0 Å². The highest BCUT2D eigenvalue weighted by Crippen LogP contribution is 2.36. The topological polar surface area (TPSA) is 0 Å². The third-order valence-corrected chi connectivity index (χ3v) is 9.26. The predicted octanol–water partition coefficient (Wildman–Crippen LogP) is 1.53. The van der Waals surface area contributed by atoms with Gasteiger partial charge in [-0.05, 0) is 29.3 Å². The molecule has 0 radical (unpaired) electrons. The van der Waals surface area contributed by atoms with Crippen LogP contribution in [0.3, 0.4) is 0 Å². The summed E-state index contributed by atoms with van der Waals surface area (Å²) in [5.74, 6) is 1.27. The molecule has 0 aromatic rings. The molecular formula is C5H10S3. The molecule has 2 atom stereocenters. The van der Waals surface area contributed by atoms with E-state index in [0.717, 1.165) is 0 Å². The van der Waals surface area contributed by atoms with Crippen molar-refractivity contribution in [2.24, 2.45) is 0 Å². The zero-order chi connectivity index (χ0) is 6.15. The van der Waals surface area contributed by atoms with Crippen LogP contribution < -0.4 is 0 Å². The molecule has 0 bridgehead atoms. The lowest BCUT2D eigenvalue weighted by Crippen LogP contribution is -1.80. The minimum atomic E-state index is 0.184. The molecule has 0 aromatic heterocycles. The normalized spacial score (nSPS) is 42.0. The van der Waals surface area contributed by atoms with Crippen LogP contribution in [0.2, 0.25) is 0 Å². The third kappa shape index (κ3) is 1.14. The Hall–Kier alpha value is 0.660. The molecule has 0 spiro atoms. The molecule has 0 nitrogen and oxygen atoms in total. The molecule has 1 aliphatic heterocycles. The number of hydrogen-bond acceptors (Lipinski definition) is 1. The van der Waals surface area contributed by atoms with Gasteiger partial charge in [-0.2, -0.15) is 9.93 Å². The number of thiol groups is 1. The minimum Gasteiger partial charge on any atom is -0.196 e. The van der Waals surface area contributed by atoms with Crippen LogP contribution >= 0.6 is 9.93 Å². The van der Waals surface area contributed by atoms with Crippen LogP contribution in [0.5, 0.6) is 0 Å². The molecule has 0 saturated heterocycles. The van der Waals surface area contributed by atoms with Gasteiger partial charge in [-0.15, -0.1) is 0 Å². The van der Waals surface area contributed by atoms with Crippen molar-refractivity contribution >= 4 is 29.6 Å². The fourth-order valence-corrected chi connectivity index (χ4v) is 5.23. The van der Waals surface area contributed by atoms with Gasteiger partial charge >= 0.3 is 0 Å². The molecule has 0 fully saturated rings. The fourth-order valence-electron chi connectivity index (χ4n) is 0.642. The van der Waals surface area contributed by atoms with Crippen LogP contribution in [0.1, 0.15) is 6.92 Å². The van der Waals surface area contributed by atoms with Crippen LogP contribution in [0.25, 0.3) is 0 Å². The van der Waals surface area contributed by atoms with Crippen molar-refractivity contribution in [1.82, 2.24) is 0 Å². The predicted molar refractivity (Wildman–Crippen MR) is 48.3 cm³/mol. The van der Waals surface area contributed by atoms with Gasteiger partial charge in [-0.3, -0.25) is 0 Å². The standard InChI is InChI=1S/C5H10S3/c1-5-3-4-7(2)8(5)6/h3,7H,4H2,1-2H3. The third-order valence-electron chi connectivity index (χ3n) is 1.19. The monoisotopic (exact) mass is 166 g/mol. The highest BCUT2D eigenvalue weighted by atomic mass is 33.3. The van der Waals surface area contributed by atoms with E-state index in [1.165, 1.54) is 10.7 Å². The molecule has 1 heterocycles. The van der Waals surface area contributed by atoms with E-state index >= 15 is 0 Å². The van der Waals surface area contributed by atoms with Crippen LogP contribution in [0.15, 0.2) is 11.0 Å². The lowest BCUT2D eigenvalue weighted by molar-refractivity contribution is 1.63. The van der Waals surface area contributed by atoms with Crippen LogP contribution in [0, 0.1) is 0 Å². The smallest absolute Gasteiger partial charge is 0.00270 e. The molecule has 0 aliphatic carbocycles. The van der Waals surface area contributed by atoms with Gasteiger partial charge in [0.2, 0.25) is 0 Å². The lowest BCUT2D eigenvalue weighted by atomic mass is 10.6. The SMILES string of the molecule is CC1=CC[SH](C)S1=S. The maximum atomic E-state index is 5.24. The summed E-state index contributed by atoms with van der Waals surface area (Å²) in [6.45, 7) is 2.15. The molecular weight excluding hydrogens is 156 g/mol. The number of hydrogen-bond donors (Lipinski definition) is 1. The highest BCUT2D eigenvalue weighted by molar-refractivity contribution is 8.91. The van der Waals surface area contributed by atoms with Crippen molar-refractivity contribution in [3.8, 4) is 0 Å². The van der Waals surface area contributed by atoms with Crippen molar-refractivity contribution in [3.63, 3.8) is 0 Å². The molecule has 8 heavy (non-hydrogen) atoms. The van der Waals surface area contributed by atoms with Gasteiger partial charge in [0.05, 0.1) is 0 Å². The van der Waals surface area contributed by atoms with Gasteiger partial charge in [-0.1, -0.05) is 14.6 Å². The summed E-state index contributed by atoms with van der Waals surface area (Å²) in [6, 6.07) is 0. The van der Waals surface area contributed by atoms with Gasteiger partial charge < -0.3 is 0 Å². The first kappa shape index (κ1) is 6.78. The van der Waals surface area contributed by atoms with E-state index in [1.807, 2.05) is 0 Å². The average molecular weight is 166 g/mol. The van der Waals surface area contributed by atoms with Crippen LogP contribution in [-0.2, 0) is 19.7 Å². The van der Waals surface area contributed by atoms with Gasteiger partial charge in [0.15, 0.2) is 0 Å². The van der Waals surface area contributed by atoms with Gasteiger partial charge in [0, 0.05) is 5.75 Å². The van der Waals surface area contributed by atoms with E-state index in [9.17, 15) is 0 Å².